The fraction of sp³-hybridized carbons (Fsp3) is 0.400. The van der Waals surface area contributed by atoms with Gasteiger partial charge in [-0.1, -0.05) is 5.06 Å². The summed E-state index contributed by atoms with van der Waals surface area (Å²) in [5.41, 5.74) is -1.06. The highest BCUT2D eigenvalue weighted by atomic mass is 16.6. The molecule has 0 amide bonds. The Morgan fingerprint density at radius 2 is 1.68 bits per heavy atom. The Bertz CT molecular complexity index is 660. The lowest BCUT2D eigenvalue weighted by molar-refractivity contribution is -0.539. The Kier molecular flexibility index (Phi) is 3.70. The van der Waals surface area contributed by atoms with Crippen molar-refractivity contribution in [1.29, 1.82) is 0 Å². The van der Waals surface area contributed by atoms with Crippen molar-refractivity contribution in [2.24, 2.45) is 0 Å². The maximum Gasteiger partial charge on any atom is 0.309 e. The molecule has 0 saturated heterocycles. The van der Waals surface area contributed by atoms with Gasteiger partial charge in [0.05, 0.1) is 4.92 Å². The molecule has 0 saturated carbocycles. The quantitative estimate of drug-likeness (QED) is 0.371. The van der Waals surface area contributed by atoms with Crippen LogP contribution in [0.3, 0.4) is 0 Å². The van der Waals surface area contributed by atoms with Crippen LogP contribution >= 0.6 is 0 Å². The van der Waals surface area contributed by atoms with E-state index in [0.717, 1.165) is 0 Å². The smallest absolute Gasteiger partial charge is 0.309 e. The maximum absolute atomic E-state index is 12.3. The minimum atomic E-state index is -0.857. The summed E-state index contributed by atoms with van der Waals surface area (Å²) in [6, 6.07) is 5.86. The number of hydrogen-bond acceptors (Lipinski definition) is 4. The molecule has 2 rings (SSSR count). The summed E-state index contributed by atoms with van der Waals surface area (Å²) in [6.07, 6.45) is 3.03. The summed E-state index contributed by atoms with van der Waals surface area (Å²) >= 11 is 0. The molecule has 1 heterocycles. The first-order valence-electron chi connectivity index (χ1n) is 6.83. The number of non-ortho nitro benzene ring substituents is 1. The molecule has 0 aromatic heterocycles. The van der Waals surface area contributed by atoms with Crippen molar-refractivity contribution in [3.05, 3.63) is 51.2 Å². The van der Waals surface area contributed by atoms with E-state index in [1.165, 1.54) is 18.2 Å². The third-order valence-electron chi connectivity index (χ3n) is 4.46. The van der Waals surface area contributed by atoms with Gasteiger partial charge in [-0.2, -0.15) is 0 Å². The average Bonchev–Trinajstić information content (AvgIpc) is 2.56. The molecule has 0 fully saturated rings. The first-order valence-corrected chi connectivity index (χ1v) is 6.83. The molecule has 0 bridgehead atoms. The zero-order valence-electron chi connectivity index (χ0n) is 12.9. The predicted molar refractivity (Wildman–Crippen MR) is 81.4 cm³/mol. The third-order valence-corrected chi connectivity index (χ3v) is 4.46. The number of benzene rings is 1. The van der Waals surface area contributed by atoms with Gasteiger partial charge in [0, 0.05) is 23.4 Å². The Labute approximate surface area is 128 Å². The van der Waals surface area contributed by atoms with Gasteiger partial charge in [-0.3, -0.25) is 14.9 Å². The normalized spacial score (nSPS) is 20.0. The molecule has 1 aliphatic heterocycles. The van der Waals surface area contributed by atoms with Crippen LogP contribution in [0, 0.1) is 15.3 Å². The molecule has 0 spiro atoms. The molecule has 1 aromatic carbocycles. The van der Waals surface area contributed by atoms with Gasteiger partial charge in [0.15, 0.2) is 5.54 Å². The molecule has 7 heteroatoms. The van der Waals surface area contributed by atoms with Gasteiger partial charge in [0.1, 0.15) is 5.54 Å². The van der Waals surface area contributed by atoms with Crippen molar-refractivity contribution < 1.29 is 14.9 Å². The Morgan fingerprint density at radius 1 is 1.14 bits per heavy atom. The monoisotopic (exact) mass is 304 g/mol. The zero-order chi connectivity index (χ0) is 16.7. The molecular formula is C15H18N3O4. The predicted octanol–water partition coefficient (Wildman–Crippen LogP) is 2.74. The van der Waals surface area contributed by atoms with E-state index in [-0.39, 0.29) is 11.5 Å². The number of nitro groups is 1. The van der Waals surface area contributed by atoms with E-state index < -0.39 is 16.0 Å². The van der Waals surface area contributed by atoms with Gasteiger partial charge in [-0.25, -0.2) is 0 Å². The lowest BCUT2D eigenvalue weighted by Crippen LogP contribution is -2.53. The fourth-order valence-corrected chi connectivity index (χ4v) is 2.17. The standard InChI is InChI=1S/C15H18N3O4/c1-14(2)15(3,4)17(20)13(16(14)19)10-7-11-5-8-12(9-6-11)18(21)22/h5-10H,1-4H3/b10-7+. The average molecular weight is 304 g/mol. The van der Waals surface area contributed by atoms with Crippen LogP contribution in [0.4, 0.5) is 5.69 Å². The molecule has 0 atom stereocenters. The molecule has 1 radical (unpaired) electrons. The van der Waals surface area contributed by atoms with Gasteiger partial charge < -0.3 is 5.21 Å². The summed E-state index contributed by atoms with van der Waals surface area (Å²) in [6.45, 7) is 6.88. The first kappa shape index (κ1) is 16.0. The molecule has 0 N–H and O–H groups in total. The van der Waals surface area contributed by atoms with Crippen LogP contribution in [0.25, 0.3) is 6.08 Å². The van der Waals surface area contributed by atoms with E-state index in [4.69, 9.17) is 0 Å². The van der Waals surface area contributed by atoms with Crippen LogP contribution in [-0.2, 0) is 5.21 Å². The Hall–Kier alpha value is -2.41. The summed E-state index contributed by atoms with van der Waals surface area (Å²) in [5.74, 6) is 0.0216. The second-order valence-electron chi connectivity index (χ2n) is 6.25. The summed E-state index contributed by atoms with van der Waals surface area (Å²) in [5, 5.41) is 35.9. The minimum absolute atomic E-state index is 0.0103. The third kappa shape index (κ3) is 2.33. The van der Waals surface area contributed by atoms with E-state index in [1.54, 1.807) is 45.9 Å². The van der Waals surface area contributed by atoms with Gasteiger partial charge in [-0.05, 0) is 51.5 Å². The zero-order valence-corrected chi connectivity index (χ0v) is 12.9. The number of hydroxylamine groups is 3. The van der Waals surface area contributed by atoms with Crippen molar-refractivity contribution in [2.75, 3.05) is 0 Å². The van der Waals surface area contributed by atoms with E-state index in [0.29, 0.717) is 15.4 Å². The van der Waals surface area contributed by atoms with E-state index in [1.807, 2.05) is 0 Å². The number of rotatable bonds is 3. The van der Waals surface area contributed by atoms with Gasteiger partial charge >= 0.3 is 5.84 Å². The van der Waals surface area contributed by atoms with Gasteiger partial charge in [0.25, 0.3) is 5.69 Å². The molecule has 1 aromatic rings. The van der Waals surface area contributed by atoms with Crippen LogP contribution < -0.4 is 0 Å². The van der Waals surface area contributed by atoms with Crippen molar-refractivity contribution in [1.82, 2.24) is 5.06 Å². The van der Waals surface area contributed by atoms with Crippen LogP contribution in [0.1, 0.15) is 33.3 Å². The summed E-state index contributed by atoms with van der Waals surface area (Å²) in [4.78, 5) is 10.1. The lowest BCUT2D eigenvalue weighted by Gasteiger charge is -2.32. The van der Waals surface area contributed by atoms with Crippen molar-refractivity contribution in [3.63, 3.8) is 0 Å². The summed E-state index contributed by atoms with van der Waals surface area (Å²) in [7, 11) is 0. The van der Waals surface area contributed by atoms with Gasteiger partial charge in [0.2, 0.25) is 0 Å². The van der Waals surface area contributed by atoms with Crippen LogP contribution in [0.5, 0.6) is 0 Å². The van der Waals surface area contributed by atoms with E-state index >= 15 is 0 Å². The highest BCUT2D eigenvalue weighted by molar-refractivity contribution is 5.93. The molecule has 7 nitrogen and oxygen atoms in total. The summed E-state index contributed by atoms with van der Waals surface area (Å²) < 4.78 is 0.710. The Morgan fingerprint density at radius 3 is 2.09 bits per heavy atom. The highest BCUT2D eigenvalue weighted by Gasteiger charge is 2.58. The topological polar surface area (TPSA) is 92.4 Å². The molecule has 0 aliphatic carbocycles. The van der Waals surface area contributed by atoms with Crippen molar-refractivity contribution in [2.45, 2.75) is 38.8 Å². The fourth-order valence-electron chi connectivity index (χ4n) is 2.17. The largest absolute Gasteiger partial charge is 0.714 e. The van der Waals surface area contributed by atoms with Crippen molar-refractivity contribution in [3.8, 4) is 0 Å². The lowest BCUT2D eigenvalue weighted by atomic mass is 9.84. The molecule has 22 heavy (non-hydrogen) atoms. The van der Waals surface area contributed by atoms with E-state index in [9.17, 15) is 20.5 Å². The second kappa shape index (κ2) is 5.10. The van der Waals surface area contributed by atoms with Crippen LogP contribution in [-0.4, -0.2) is 31.6 Å². The molecule has 1 aliphatic rings. The number of nitro benzene ring substituents is 1. The molecular weight excluding hydrogens is 286 g/mol. The number of hydrogen-bond donors (Lipinski definition) is 0. The van der Waals surface area contributed by atoms with Crippen LogP contribution in [0.2, 0.25) is 0 Å². The minimum Gasteiger partial charge on any atom is -0.714 e. The number of nitrogens with zero attached hydrogens (tertiary/aromatic N) is 3. The van der Waals surface area contributed by atoms with Gasteiger partial charge in [-0.15, -0.1) is 0 Å². The maximum atomic E-state index is 12.3. The molecule has 117 valence electrons. The van der Waals surface area contributed by atoms with E-state index in [2.05, 4.69) is 0 Å². The number of amidine groups is 1. The molecule has 0 unspecified atom stereocenters. The SMILES string of the molecule is CC1(C)N([O])C(/C=C/c2ccc([N+](=O)[O-])cc2)=[N+]([O-])C1(C)C. The first-order chi connectivity index (χ1) is 10.1. The Balaban J connectivity index is 2.30. The van der Waals surface area contributed by atoms with Crippen LogP contribution in [0.15, 0.2) is 30.3 Å². The highest BCUT2D eigenvalue weighted by Crippen LogP contribution is 2.36. The van der Waals surface area contributed by atoms with Crippen molar-refractivity contribution >= 4 is 17.6 Å². The second-order valence-corrected chi connectivity index (χ2v) is 6.25.